The molecular formula is C18H28N2O4. The third-order valence-corrected chi connectivity index (χ3v) is 2.48. The van der Waals surface area contributed by atoms with E-state index in [-0.39, 0.29) is 9.80 Å². The van der Waals surface area contributed by atoms with Crippen molar-refractivity contribution in [1.82, 2.24) is 4.90 Å². The maximum atomic E-state index is 12.8. The molecule has 0 aliphatic carbocycles. The number of piperazine rings is 1. The Kier molecular flexibility index (Phi) is 2.32. The normalized spacial score (nSPS) is 34.7. The molecule has 24 heavy (non-hydrogen) atoms. The van der Waals surface area contributed by atoms with Crippen molar-refractivity contribution in [2.75, 3.05) is 51.0 Å². The van der Waals surface area contributed by atoms with Gasteiger partial charge in [-0.2, -0.15) is 0 Å². The van der Waals surface area contributed by atoms with Crippen LogP contribution < -0.4 is 9.64 Å². The fourth-order valence-corrected chi connectivity index (χ4v) is 1.55. The molecule has 0 unspecified atom stereocenters. The molecule has 6 heteroatoms. The summed E-state index contributed by atoms with van der Waals surface area (Å²) in [5.74, 6) is -0.443. The van der Waals surface area contributed by atoms with Crippen molar-refractivity contribution in [3.63, 3.8) is 0 Å². The van der Waals surface area contributed by atoms with E-state index < -0.39 is 69.3 Å². The van der Waals surface area contributed by atoms with Crippen molar-refractivity contribution in [2.45, 2.75) is 26.4 Å². The summed E-state index contributed by atoms with van der Waals surface area (Å²) < 4.78 is 133. The summed E-state index contributed by atoms with van der Waals surface area (Å²) in [4.78, 5) is 12.6. The number of carbonyl (C=O) groups excluding carboxylic acids is 1. The van der Waals surface area contributed by atoms with Gasteiger partial charge in [0.1, 0.15) is 17.9 Å². The quantitative estimate of drug-likeness (QED) is 0.816. The Morgan fingerprint density at radius 3 is 2.46 bits per heavy atom. The van der Waals surface area contributed by atoms with Gasteiger partial charge in [-0.05, 0) is 45.0 Å². The minimum absolute atomic E-state index is 0.135. The zero-order chi connectivity index (χ0) is 30.8. The second kappa shape index (κ2) is 8.24. The first-order valence-corrected chi connectivity index (χ1v) is 6.84. The summed E-state index contributed by atoms with van der Waals surface area (Å²) in [6.07, 6.45) is -1.63. The maximum absolute atomic E-state index is 12.8. The molecule has 1 fully saturated rings. The van der Waals surface area contributed by atoms with Crippen molar-refractivity contribution in [3.05, 3.63) is 24.3 Å². The second-order valence-electron chi connectivity index (χ2n) is 5.50. The number of hydrogen-bond donors (Lipinski definition) is 0. The average molecular weight is 352 g/mol. The van der Waals surface area contributed by atoms with E-state index in [9.17, 15) is 4.79 Å². The molecule has 1 aromatic carbocycles. The number of methoxy groups -OCH3 is 1. The van der Waals surface area contributed by atoms with E-state index in [2.05, 4.69) is 4.74 Å². The third kappa shape index (κ3) is 5.60. The van der Waals surface area contributed by atoms with Crippen LogP contribution in [-0.2, 0) is 9.47 Å². The molecule has 0 bridgehead atoms. The van der Waals surface area contributed by atoms with E-state index in [0.29, 0.717) is 0 Å². The van der Waals surface area contributed by atoms with Crippen LogP contribution in [0.2, 0.25) is 0 Å². The predicted molar refractivity (Wildman–Crippen MR) is 93.8 cm³/mol. The molecule has 134 valence electrons. The van der Waals surface area contributed by atoms with E-state index in [4.69, 9.17) is 30.0 Å². The lowest BCUT2D eigenvalue weighted by Crippen LogP contribution is -2.50. The molecule has 1 aromatic rings. The van der Waals surface area contributed by atoms with Crippen LogP contribution in [0.5, 0.6) is 5.75 Å². The molecule has 6 nitrogen and oxygen atoms in total. The predicted octanol–water partition coefficient (Wildman–Crippen LogP) is 2.77. The minimum atomic E-state index is -3.50. The maximum Gasteiger partial charge on any atom is 0.410 e. The molecule has 1 saturated heterocycles. The van der Waals surface area contributed by atoms with E-state index in [1.807, 2.05) is 0 Å². The molecule has 0 radical (unpaired) electrons. The summed E-state index contributed by atoms with van der Waals surface area (Å²) in [6.45, 7) is -16.4. The van der Waals surface area contributed by atoms with Gasteiger partial charge in [-0.3, -0.25) is 0 Å². The third-order valence-electron chi connectivity index (χ3n) is 2.48. The van der Waals surface area contributed by atoms with Crippen LogP contribution >= 0.6 is 0 Å². The van der Waals surface area contributed by atoms with Gasteiger partial charge in [-0.25, -0.2) is 4.79 Å². The lowest BCUT2D eigenvalue weighted by molar-refractivity contribution is 0.0240. The summed E-state index contributed by atoms with van der Waals surface area (Å²) in [5, 5.41) is 0. The molecule has 1 aliphatic heterocycles. The number of anilines is 1. The number of nitrogens with zero attached hydrogens (tertiary/aromatic N) is 2. The van der Waals surface area contributed by atoms with Crippen molar-refractivity contribution < 1.29 is 39.6 Å². The molecule has 0 atom stereocenters. The zero-order valence-corrected chi connectivity index (χ0v) is 13.3. The number of ether oxygens (including phenoxy) is 3. The van der Waals surface area contributed by atoms with E-state index in [1.54, 1.807) is 0 Å². The highest BCUT2D eigenvalue weighted by Crippen LogP contribution is 2.21. The topological polar surface area (TPSA) is 51.2 Å². The van der Waals surface area contributed by atoms with Crippen LogP contribution in [0.4, 0.5) is 10.5 Å². The summed E-state index contributed by atoms with van der Waals surface area (Å²) in [5.41, 5.74) is -1.71. The summed E-state index contributed by atoms with van der Waals surface area (Å²) in [7, 11) is -3.30. The Balaban J connectivity index is 2.51. The highest BCUT2D eigenvalue weighted by molar-refractivity contribution is 5.68. The Morgan fingerprint density at radius 2 is 1.88 bits per heavy atom. The van der Waals surface area contributed by atoms with Crippen molar-refractivity contribution in [3.8, 4) is 5.75 Å². The molecule has 0 aromatic heterocycles. The Hall–Kier alpha value is -1.95. The monoisotopic (exact) mass is 351 g/mol. The zero-order valence-electron chi connectivity index (χ0n) is 28.3. The molecule has 0 N–H and O–H groups in total. The highest BCUT2D eigenvalue weighted by atomic mass is 16.6. The Morgan fingerprint density at radius 1 is 1.21 bits per heavy atom. The first-order valence-electron chi connectivity index (χ1n) is 14.3. The van der Waals surface area contributed by atoms with Gasteiger partial charge in [0.25, 0.3) is 0 Å². The van der Waals surface area contributed by atoms with Crippen molar-refractivity contribution >= 4 is 11.8 Å². The van der Waals surface area contributed by atoms with Crippen molar-refractivity contribution in [2.24, 2.45) is 0 Å². The van der Waals surface area contributed by atoms with Crippen LogP contribution in [0.3, 0.4) is 0 Å². The van der Waals surface area contributed by atoms with Crippen LogP contribution in [0, 0.1) is 0 Å². The molecule has 1 amide bonds. The highest BCUT2D eigenvalue weighted by Gasteiger charge is 2.25. The average Bonchev–Trinajstić information content (AvgIpc) is 2.64. The number of benzene rings is 1. The first-order chi connectivity index (χ1) is 17.0. The Bertz CT molecular complexity index is 1040. The molecule has 1 aliphatic rings. The Labute approximate surface area is 165 Å². The van der Waals surface area contributed by atoms with E-state index in [0.717, 1.165) is 24.3 Å². The standard InChI is InChI=1S/C18H28N2O4/c1-18(2,3)24-17(21)20-11-9-19(10-12-20)15-5-7-16(8-6-15)23-14-13-22-4/h5-8H,9-14H2,1-4H3/i4D3,9D2,10D2,11D2,12D2,13D2,14D2. The van der Waals surface area contributed by atoms with Gasteiger partial charge >= 0.3 is 6.09 Å². The van der Waals surface area contributed by atoms with Gasteiger partial charge in [0.2, 0.25) is 0 Å². The largest absolute Gasteiger partial charge is 0.491 e. The number of amides is 1. The van der Waals surface area contributed by atoms with E-state index in [1.165, 1.54) is 20.8 Å². The van der Waals surface area contributed by atoms with Crippen LogP contribution in [-0.4, -0.2) is 62.7 Å². The fraction of sp³-hybridized carbons (Fsp3) is 0.611. The molecule has 2 rings (SSSR count). The van der Waals surface area contributed by atoms with Crippen LogP contribution in [0.25, 0.3) is 0 Å². The van der Waals surface area contributed by atoms with Crippen LogP contribution in [0.1, 0.15) is 41.3 Å². The lowest BCUT2D eigenvalue weighted by Gasteiger charge is -2.36. The number of rotatable bonds is 5. The van der Waals surface area contributed by atoms with Gasteiger partial charge in [0, 0.05) is 38.7 Å². The molecule has 0 saturated carbocycles. The number of hydrogen-bond acceptors (Lipinski definition) is 5. The van der Waals surface area contributed by atoms with E-state index >= 15 is 0 Å². The molecule has 0 spiro atoms. The second-order valence-corrected chi connectivity index (χ2v) is 5.50. The summed E-state index contributed by atoms with van der Waals surface area (Å²) in [6, 6.07) is 3.65. The lowest BCUT2D eigenvalue weighted by atomic mass is 10.2. The first kappa shape index (κ1) is 6.75. The smallest absolute Gasteiger partial charge is 0.410 e. The minimum Gasteiger partial charge on any atom is -0.491 e. The van der Waals surface area contributed by atoms with Gasteiger partial charge < -0.3 is 24.0 Å². The molecule has 1 heterocycles. The SMILES string of the molecule is [2H]C([2H])([2H])OC([2H])([2H])C([2H])([2H])Oc1ccc(N2C([2H])([2H])C([2H])([2H])N(C(=O)OC(C)(C)C)C([2H])([2H])C2([2H])[2H])cc1. The van der Waals surface area contributed by atoms with Gasteiger partial charge in [-0.15, -0.1) is 0 Å². The molecular weight excluding hydrogens is 308 g/mol. The van der Waals surface area contributed by atoms with Crippen molar-refractivity contribution in [1.29, 1.82) is 0 Å². The summed E-state index contributed by atoms with van der Waals surface area (Å²) >= 11 is 0. The van der Waals surface area contributed by atoms with Gasteiger partial charge in [0.05, 0.1) is 27.1 Å². The van der Waals surface area contributed by atoms with Gasteiger partial charge in [0.15, 0.2) is 0 Å². The van der Waals surface area contributed by atoms with Gasteiger partial charge in [-0.1, -0.05) is 0 Å². The van der Waals surface area contributed by atoms with Crippen LogP contribution in [0.15, 0.2) is 24.3 Å². The fourth-order valence-electron chi connectivity index (χ4n) is 1.55. The number of carbonyl (C=O) groups is 1.